The number of nitrogens with zero attached hydrogens (tertiary/aromatic N) is 2. The Morgan fingerprint density at radius 2 is 1.70 bits per heavy atom. The van der Waals surface area contributed by atoms with Crippen LogP contribution >= 0.6 is 11.6 Å². The molecule has 2 aromatic carbocycles. The van der Waals surface area contributed by atoms with Gasteiger partial charge in [0.2, 0.25) is 0 Å². The second-order valence-corrected chi connectivity index (χ2v) is 5.20. The maximum absolute atomic E-state index is 13.9. The molecule has 0 saturated carbocycles. The second-order valence-electron chi connectivity index (χ2n) is 4.93. The SMILES string of the molecule is CN1CCN(c2cccc(F)c2CCl)c2ccccc21. The average molecular weight is 291 g/mol. The van der Waals surface area contributed by atoms with E-state index < -0.39 is 0 Å². The molecule has 1 heterocycles. The minimum atomic E-state index is -0.242. The molecular weight excluding hydrogens is 275 g/mol. The highest BCUT2D eigenvalue weighted by Crippen LogP contribution is 2.38. The molecule has 0 fully saturated rings. The van der Waals surface area contributed by atoms with Crippen LogP contribution in [0.2, 0.25) is 0 Å². The van der Waals surface area contributed by atoms with Crippen LogP contribution in [0.3, 0.4) is 0 Å². The highest BCUT2D eigenvalue weighted by Gasteiger charge is 2.23. The maximum Gasteiger partial charge on any atom is 0.129 e. The molecule has 20 heavy (non-hydrogen) atoms. The molecule has 1 aliphatic heterocycles. The Balaban J connectivity index is 2.13. The third kappa shape index (κ3) is 2.12. The summed E-state index contributed by atoms with van der Waals surface area (Å²) in [4.78, 5) is 4.36. The van der Waals surface area contributed by atoms with Crippen LogP contribution in [0.15, 0.2) is 42.5 Å². The summed E-state index contributed by atoms with van der Waals surface area (Å²) < 4.78 is 13.9. The Kier molecular flexibility index (Phi) is 3.53. The number of alkyl halides is 1. The first-order valence-electron chi connectivity index (χ1n) is 6.63. The van der Waals surface area contributed by atoms with Gasteiger partial charge in [-0.3, -0.25) is 0 Å². The van der Waals surface area contributed by atoms with Crippen molar-refractivity contribution < 1.29 is 4.39 Å². The summed E-state index contributed by atoms with van der Waals surface area (Å²) in [5.41, 5.74) is 3.68. The fourth-order valence-electron chi connectivity index (χ4n) is 2.69. The number of anilines is 3. The van der Waals surface area contributed by atoms with Crippen molar-refractivity contribution in [3.8, 4) is 0 Å². The number of para-hydroxylation sites is 2. The van der Waals surface area contributed by atoms with E-state index in [9.17, 15) is 4.39 Å². The van der Waals surface area contributed by atoms with Crippen LogP contribution in [-0.4, -0.2) is 20.1 Å². The van der Waals surface area contributed by atoms with E-state index in [0.717, 1.165) is 30.2 Å². The summed E-state index contributed by atoms with van der Waals surface area (Å²) in [5, 5.41) is 0. The summed E-state index contributed by atoms with van der Waals surface area (Å²) >= 11 is 5.94. The summed E-state index contributed by atoms with van der Waals surface area (Å²) in [5.74, 6) is -0.0647. The number of hydrogen-bond acceptors (Lipinski definition) is 2. The van der Waals surface area contributed by atoms with E-state index in [1.165, 1.54) is 6.07 Å². The number of rotatable bonds is 2. The third-order valence-corrected chi connectivity index (χ3v) is 4.03. The molecule has 0 spiro atoms. The van der Waals surface area contributed by atoms with Crippen molar-refractivity contribution in [2.45, 2.75) is 5.88 Å². The highest BCUT2D eigenvalue weighted by atomic mass is 35.5. The Labute approximate surface area is 123 Å². The van der Waals surface area contributed by atoms with Gasteiger partial charge < -0.3 is 9.80 Å². The second kappa shape index (κ2) is 5.33. The van der Waals surface area contributed by atoms with Crippen LogP contribution in [-0.2, 0) is 5.88 Å². The Morgan fingerprint density at radius 3 is 2.45 bits per heavy atom. The van der Waals surface area contributed by atoms with E-state index in [0.29, 0.717) is 5.56 Å². The van der Waals surface area contributed by atoms with E-state index in [-0.39, 0.29) is 11.7 Å². The van der Waals surface area contributed by atoms with Gasteiger partial charge in [-0.1, -0.05) is 18.2 Å². The molecule has 0 amide bonds. The molecule has 0 bridgehead atoms. The number of halogens is 2. The molecule has 0 radical (unpaired) electrons. The average Bonchev–Trinajstić information content (AvgIpc) is 2.48. The number of benzene rings is 2. The lowest BCUT2D eigenvalue weighted by Gasteiger charge is -2.37. The lowest BCUT2D eigenvalue weighted by Crippen LogP contribution is -2.36. The van der Waals surface area contributed by atoms with Gasteiger partial charge in [-0.2, -0.15) is 0 Å². The zero-order valence-electron chi connectivity index (χ0n) is 11.3. The van der Waals surface area contributed by atoms with E-state index in [2.05, 4.69) is 29.0 Å². The summed E-state index contributed by atoms with van der Waals surface area (Å²) in [6.07, 6.45) is 0. The van der Waals surface area contributed by atoms with Crippen molar-refractivity contribution in [2.75, 3.05) is 29.9 Å². The predicted octanol–water partition coefficient (Wildman–Crippen LogP) is 4.15. The number of likely N-dealkylation sites (N-methyl/N-ethyl adjacent to an activating group) is 1. The van der Waals surface area contributed by atoms with Crippen LogP contribution in [0.1, 0.15) is 5.56 Å². The summed E-state index contributed by atoms with van der Waals surface area (Å²) in [6.45, 7) is 1.72. The largest absolute Gasteiger partial charge is 0.371 e. The van der Waals surface area contributed by atoms with Crippen molar-refractivity contribution in [1.29, 1.82) is 0 Å². The van der Waals surface area contributed by atoms with Crippen molar-refractivity contribution in [1.82, 2.24) is 0 Å². The summed E-state index contributed by atoms with van der Waals surface area (Å²) in [7, 11) is 2.07. The molecule has 2 nitrogen and oxygen atoms in total. The van der Waals surface area contributed by atoms with Gasteiger partial charge in [-0.05, 0) is 24.3 Å². The van der Waals surface area contributed by atoms with Crippen LogP contribution in [0.25, 0.3) is 0 Å². The molecule has 104 valence electrons. The molecule has 0 aliphatic carbocycles. The normalized spacial score (nSPS) is 14.3. The fourth-order valence-corrected chi connectivity index (χ4v) is 2.95. The quantitative estimate of drug-likeness (QED) is 0.767. The molecule has 4 heteroatoms. The first kappa shape index (κ1) is 13.3. The van der Waals surface area contributed by atoms with Gasteiger partial charge in [0.15, 0.2) is 0 Å². The number of fused-ring (bicyclic) bond motifs is 1. The van der Waals surface area contributed by atoms with Gasteiger partial charge in [-0.15, -0.1) is 11.6 Å². The Hall–Kier alpha value is -1.74. The van der Waals surface area contributed by atoms with Crippen molar-refractivity contribution in [3.05, 3.63) is 53.8 Å². The topological polar surface area (TPSA) is 6.48 Å². The lowest BCUT2D eigenvalue weighted by atomic mass is 10.1. The van der Waals surface area contributed by atoms with Crippen LogP contribution in [0, 0.1) is 5.82 Å². The minimum Gasteiger partial charge on any atom is -0.371 e. The van der Waals surface area contributed by atoms with Gasteiger partial charge in [0.1, 0.15) is 5.82 Å². The van der Waals surface area contributed by atoms with Gasteiger partial charge >= 0.3 is 0 Å². The lowest BCUT2D eigenvalue weighted by molar-refractivity contribution is 0.616. The minimum absolute atomic E-state index is 0.177. The zero-order valence-corrected chi connectivity index (χ0v) is 12.1. The fraction of sp³-hybridized carbons (Fsp3) is 0.250. The first-order valence-corrected chi connectivity index (χ1v) is 7.17. The molecule has 0 unspecified atom stereocenters. The molecular formula is C16H16ClFN2. The molecule has 0 N–H and O–H groups in total. The zero-order chi connectivity index (χ0) is 14.1. The smallest absolute Gasteiger partial charge is 0.129 e. The molecule has 0 atom stereocenters. The monoisotopic (exact) mass is 290 g/mol. The van der Waals surface area contributed by atoms with E-state index >= 15 is 0 Å². The van der Waals surface area contributed by atoms with Crippen LogP contribution < -0.4 is 9.80 Å². The van der Waals surface area contributed by atoms with Gasteiger partial charge in [0.25, 0.3) is 0 Å². The van der Waals surface area contributed by atoms with Crippen LogP contribution in [0.4, 0.5) is 21.5 Å². The summed E-state index contributed by atoms with van der Waals surface area (Å²) in [6, 6.07) is 13.3. The molecule has 2 aromatic rings. The van der Waals surface area contributed by atoms with Crippen LogP contribution in [0.5, 0.6) is 0 Å². The van der Waals surface area contributed by atoms with Gasteiger partial charge in [-0.25, -0.2) is 4.39 Å². The van der Waals surface area contributed by atoms with E-state index in [1.54, 1.807) is 6.07 Å². The maximum atomic E-state index is 13.9. The molecule has 0 saturated heterocycles. The predicted molar refractivity (Wildman–Crippen MR) is 82.7 cm³/mol. The van der Waals surface area contributed by atoms with Crippen molar-refractivity contribution in [2.24, 2.45) is 0 Å². The van der Waals surface area contributed by atoms with Gasteiger partial charge in [0.05, 0.1) is 17.3 Å². The van der Waals surface area contributed by atoms with E-state index in [1.807, 2.05) is 18.2 Å². The molecule has 3 rings (SSSR count). The number of hydrogen-bond donors (Lipinski definition) is 0. The van der Waals surface area contributed by atoms with E-state index in [4.69, 9.17) is 11.6 Å². The first-order chi connectivity index (χ1) is 9.72. The van der Waals surface area contributed by atoms with Gasteiger partial charge in [0, 0.05) is 31.4 Å². The molecule has 0 aromatic heterocycles. The highest BCUT2D eigenvalue weighted by molar-refractivity contribution is 6.17. The third-order valence-electron chi connectivity index (χ3n) is 3.76. The van der Waals surface area contributed by atoms with Crippen molar-refractivity contribution in [3.63, 3.8) is 0 Å². The van der Waals surface area contributed by atoms with Crippen molar-refractivity contribution >= 4 is 28.7 Å². The Morgan fingerprint density at radius 1 is 1.00 bits per heavy atom. The Bertz CT molecular complexity index is 630. The molecule has 1 aliphatic rings. The standard InChI is InChI=1S/C16H16ClFN2/c1-19-9-10-20(16-7-3-2-6-15(16)19)14-8-4-5-13(18)12(14)11-17/h2-8H,9-11H2,1H3.